The van der Waals surface area contributed by atoms with E-state index in [0.717, 1.165) is 6.07 Å². The molecule has 0 saturated carbocycles. The molecule has 1 fully saturated rings. The quantitative estimate of drug-likeness (QED) is 0.911. The van der Waals surface area contributed by atoms with E-state index in [4.69, 9.17) is 11.0 Å². The number of hydrogen-bond acceptors (Lipinski definition) is 4. The Bertz CT molecular complexity index is 669. The lowest BCUT2D eigenvalue weighted by Crippen LogP contribution is -2.45. The lowest BCUT2D eigenvalue weighted by atomic mass is 9.88. The van der Waals surface area contributed by atoms with E-state index in [2.05, 4.69) is 0 Å². The molecule has 0 spiro atoms. The molecule has 1 saturated heterocycles. The number of rotatable bonds is 3. The fraction of sp³-hybridized carbons (Fsp3) is 0.500. The smallest absolute Gasteiger partial charge is 0.244 e. The van der Waals surface area contributed by atoms with Crippen LogP contribution >= 0.6 is 0 Å². The maximum atomic E-state index is 13.6. The summed E-state index contributed by atoms with van der Waals surface area (Å²) in [5.74, 6) is -0.392. The van der Waals surface area contributed by atoms with Crippen LogP contribution in [0.25, 0.3) is 0 Å². The summed E-state index contributed by atoms with van der Waals surface area (Å²) in [6, 6.07) is 5.29. The van der Waals surface area contributed by atoms with E-state index in [0.29, 0.717) is 32.0 Å². The topological polar surface area (TPSA) is 87.2 Å². The third-order valence-corrected chi connectivity index (χ3v) is 5.99. The summed E-state index contributed by atoms with van der Waals surface area (Å²) in [6.45, 7) is 3.12. The van der Waals surface area contributed by atoms with E-state index in [1.165, 1.54) is 16.4 Å². The van der Waals surface area contributed by atoms with Gasteiger partial charge in [0.15, 0.2) is 0 Å². The predicted molar refractivity (Wildman–Crippen MR) is 76.2 cm³/mol. The molecule has 2 atom stereocenters. The first-order valence-corrected chi connectivity index (χ1v) is 8.24. The lowest BCUT2D eigenvalue weighted by molar-refractivity contribution is 0.203. The van der Waals surface area contributed by atoms with Crippen LogP contribution in [0.5, 0.6) is 0 Å². The van der Waals surface area contributed by atoms with Crippen LogP contribution < -0.4 is 5.73 Å². The van der Waals surface area contributed by atoms with Gasteiger partial charge in [0.1, 0.15) is 22.3 Å². The third kappa shape index (κ3) is 2.93. The highest BCUT2D eigenvalue weighted by atomic mass is 32.2. The minimum atomic E-state index is -3.88. The third-order valence-electron chi connectivity index (χ3n) is 4.08. The first-order chi connectivity index (χ1) is 9.91. The van der Waals surface area contributed by atoms with Crippen molar-refractivity contribution in [2.75, 3.05) is 19.6 Å². The maximum absolute atomic E-state index is 13.6. The minimum absolute atomic E-state index is 0.0765. The molecule has 5 nitrogen and oxygen atoms in total. The van der Waals surface area contributed by atoms with Crippen LogP contribution in [0, 0.1) is 29.0 Å². The van der Waals surface area contributed by atoms with Crippen LogP contribution in [0.3, 0.4) is 0 Å². The molecule has 0 aliphatic carbocycles. The van der Waals surface area contributed by atoms with Crippen molar-refractivity contribution in [1.29, 1.82) is 5.26 Å². The largest absolute Gasteiger partial charge is 0.330 e. The average Bonchev–Trinajstić information content (AvgIpc) is 2.47. The van der Waals surface area contributed by atoms with Gasteiger partial charge in [0.2, 0.25) is 10.0 Å². The second kappa shape index (κ2) is 6.10. The van der Waals surface area contributed by atoms with E-state index in [9.17, 15) is 12.8 Å². The van der Waals surface area contributed by atoms with Gasteiger partial charge in [-0.2, -0.15) is 9.57 Å². The van der Waals surface area contributed by atoms with E-state index >= 15 is 0 Å². The zero-order valence-electron chi connectivity index (χ0n) is 11.8. The number of sulfonamides is 1. The van der Waals surface area contributed by atoms with Crippen LogP contribution in [0.2, 0.25) is 0 Å². The van der Waals surface area contributed by atoms with Gasteiger partial charge in [-0.25, -0.2) is 12.8 Å². The van der Waals surface area contributed by atoms with Crippen molar-refractivity contribution in [2.45, 2.75) is 18.2 Å². The summed E-state index contributed by atoms with van der Waals surface area (Å²) in [7, 11) is -3.88. The Morgan fingerprint density at radius 3 is 2.86 bits per heavy atom. The monoisotopic (exact) mass is 311 g/mol. The maximum Gasteiger partial charge on any atom is 0.244 e. The van der Waals surface area contributed by atoms with Crippen molar-refractivity contribution in [3.63, 3.8) is 0 Å². The lowest BCUT2D eigenvalue weighted by Gasteiger charge is -2.35. The molecule has 0 radical (unpaired) electrons. The summed E-state index contributed by atoms with van der Waals surface area (Å²) in [5, 5.41) is 9.01. The van der Waals surface area contributed by atoms with Crippen molar-refractivity contribution < 1.29 is 12.8 Å². The molecule has 1 aliphatic rings. The molecule has 0 amide bonds. The van der Waals surface area contributed by atoms with Crippen LogP contribution in [-0.4, -0.2) is 32.4 Å². The van der Waals surface area contributed by atoms with Crippen LogP contribution in [0.4, 0.5) is 4.39 Å². The van der Waals surface area contributed by atoms with E-state index in [1.54, 1.807) is 6.07 Å². The summed E-state index contributed by atoms with van der Waals surface area (Å²) >= 11 is 0. The van der Waals surface area contributed by atoms with E-state index in [-0.39, 0.29) is 10.8 Å². The molecule has 1 aromatic carbocycles. The van der Waals surface area contributed by atoms with Gasteiger partial charge < -0.3 is 5.73 Å². The van der Waals surface area contributed by atoms with Gasteiger partial charge in [-0.05, 0) is 36.9 Å². The van der Waals surface area contributed by atoms with Crippen molar-refractivity contribution in [3.05, 3.63) is 29.6 Å². The Kier molecular flexibility index (Phi) is 4.61. The van der Waals surface area contributed by atoms with Gasteiger partial charge in [-0.3, -0.25) is 0 Å². The second-order valence-corrected chi connectivity index (χ2v) is 7.26. The number of hydrogen-bond donors (Lipinski definition) is 1. The molecule has 1 aliphatic heterocycles. The highest BCUT2D eigenvalue weighted by molar-refractivity contribution is 7.89. The summed E-state index contributed by atoms with van der Waals surface area (Å²) in [6.07, 6.45) is 0.707. The van der Waals surface area contributed by atoms with Crippen molar-refractivity contribution >= 4 is 10.0 Å². The summed E-state index contributed by atoms with van der Waals surface area (Å²) in [4.78, 5) is -0.268. The summed E-state index contributed by atoms with van der Waals surface area (Å²) < 4.78 is 40.2. The number of nitrogens with two attached hydrogens (primary N) is 1. The Morgan fingerprint density at radius 2 is 2.24 bits per heavy atom. The molecule has 2 N–H and O–H groups in total. The zero-order chi connectivity index (χ0) is 15.6. The summed E-state index contributed by atoms with van der Waals surface area (Å²) in [5.41, 5.74) is 5.25. The average molecular weight is 311 g/mol. The molecule has 2 rings (SSSR count). The molecular formula is C14H18FN3O2S. The molecule has 0 bridgehead atoms. The van der Waals surface area contributed by atoms with Crippen LogP contribution in [0.15, 0.2) is 23.1 Å². The normalized spacial score (nSPS) is 23.7. The van der Waals surface area contributed by atoms with Crippen LogP contribution in [-0.2, 0) is 10.0 Å². The second-order valence-electron chi connectivity index (χ2n) is 5.35. The Hall–Kier alpha value is -1.49. The highest BCUT2D eigenvalue weighted by Crippen LogP contribution is 2.29. The highest BCUT2D eigenvalue weighted by Gasteiger charge is 2.34. The van der Waals surface area contributed by atoms with Gasteiger partial charge in [0.25, 0.3) is 0 Å². The Balaban J connectivity index is 2.40. The Morgan fingerprint density at radius 1 is 1.52 bits per heavy atom. The molecule has 114 valence electrons. The molecule has 1 heterocycles. The number of piperidine rings is 1. The van der Waals surface area contributed by atoms with Crippen molar-refractivity contribution in [1.82, 2.24) is 4.31 Å². The van der Waals surface area contributed by atoms with Gasteiger partial charge in [-0.15, -0.1) is 0 Å². The number of nitrogens with zero attached hydrogens (tertiary/aromatic N) is 2. The van der Waals surface area contributed by atoms with Crippen LogP contribution in [0.1, 0.15) is 18.9 Å². The fourth-order valence-electron chi connectivity index (χ4n) is 2.61. The predicted octanol–water partition coefficient (Wildman–Crippen LogP) is 1.30. The fourth-order valence-corrected chi connectivity index (χ4v) is 4.27. The van der Waals surface area contributed by atoms with Gasteiger partial charge in [0, 0.05) is 13.1 Å². The number of halogens is 1. The minimum Gasteiger partial charge on any atom is -0.330 e. The first-order valence-electron chi connectivity index (χ1n) is 6.80. The molecule has 21 heavy (non-hydrogen) atoms. The standard InChI is InChI=1S/C14H18FN3O2S/c1-10-5-6-18(9-11(10)7-16)21(19,20)14-4-2-3-13(15)12(14)8-17/h2-4,10-11H,5-7,9,16H2,1H3. The molecule has 2 unspecified atom stereocenters. The van der Waals surface area contributed by atoms with E-state index in [1.807, 2.05) is 6.92 Å². The van der Waals surface area contributed by atoms with Gasteiger partial charge >= 0.3 is 0 Å². The van der Waals surface area contributed by atoms with E-state index < -0.39 is 21.4 Å². The van der Waals surface area contributed by atoms with Crippen molar-refractivity contribution in [3.8, 4) is 6.07 Å². The SMILES string of the molecule is CC1CCN(S(=O)(=O)c2cccc(F)c2C#N)CC1CN. The Labute approximate surface area is 124 Å². The molecule has 0 aromatic heterocycles. The zero-order valence-corrected chi connectivity index (χ0v) is 12.6. The van der Waals surface area contributed by atoms with Crippen molar-refractivity contribution in [2.24, 2.45) is 17.6 Å². The molecule has 1 aromatic rings. The van der Waals surface area contributed by atoms with Gasteiger partial charge in [-0.1, -0.05) is 13.0 Å². The molecular weight excluding hydrogens is 293 g/mol. The van der Waals surface area contributed by atoms with Gasteiger partial charge in [0.05, 0.1) is 0 Å². The number of benzene rings is 1. The number of nitriles is 1. The first kappa shape index (κ1) is 15.9. The molecule has 7 heteroatoms.